The molecule has 164 valence electrons. The van der Waals surface area contributed by atoms with E-state index < -0.39 is 24.1 Å². The summed E-state index contributed by atoms with van der Waals surface area (Å²) in [4.78, 5) is 51.8. The third-order valence-electron chi connectivity index (χ3n) is 8.78. The van der Waals surface area contributed by atoms with E-state index in [0.29, 0.717) is 24.2 Å². The van der Waals surface area contributed by atoms with Gasteiger partial charge in [-0.1, -0.05) is 19.8 Å². The smallest absolute Gasteiger partial charge is 0.326 e. The summed E-state index contributed by atoms with van der Waals surface area (Å²) in [5.74, 6) is 1.01. The number of hydrogen-bond donors (Lipinski definition) is 1. The molecule has 0 aromatic heterocycles. The fourth-order valence-corrected chi connectivity index (χ4v) is 7.57. The van der Waals surface area contributed by atoms with Crippen molar-refractivity contribution >= 4 is 23.7 Å². The van der Waals surface area contributed by atoms with Crippen LogP contribution >= 0.6 is 0 Å². The molecule has 6 aliphatic rings. The molecule has 1 saturated heterocycles. The third-order valence-corrected chi connectivity index (χ3v) is 8.78. The Kier molecular flexibility index (Phi) is 4.71. The maximum atomic E-state index is 13.0. The summed E-state index contributed by atoms with van der Waals surface area (Å²) in [6.07, 6.45) is 9.96. The highest BCUT2D eigenvalue weighted by atomic mass is 16.5. The Morgan fingerprint density at radius 1 is 1.07 bits per heavy atom. The van der Waals surface area contributed by atoms with Crippen LogP contribution in [0.4, 0.5) is 4.79 Å². The second kappa shape index (κ2) is 7.06. The number of ketones is 1. The van der Waals surface area contributed by atoms with Crippen molar-refractivity contribution in [3.63, 3.8) is 0 Å². The molecule has 3 amide bonds. The van der Waals surface area contributed by atoms with Crippen LogP contribution in [-0.2, 0) is 19.1 Å². The standard InChI is InChI=1S/C23H32N2O5/c1-14-4-2-3-5-23(14)20(28)25(21(29)24-23)12-19(27)30-13-18(26)22-9-15-6-16(10-22)8-17(7-15)11-22/h14-17H,2-13H2,1H3,(H,24,29)/t14-,15?,16?,17?,22?,23-/m0/s1. The number of carbonyl (C=O) groups excluding carboxylic acids is 4. The number of carbonyl (C=O) groups is 4. The fraction of sp³-hybridized carbons (Fsp3) is 0.826. The quantitative estimate of drug-likeness (QED) is 0.550. The molecule has 6 fully saturated rings. The van der Waals surface area contributed by atoms with E-state index in [4.69, 9.17) is 4.74 Å². The highest BCUT2D eigenvalue weighted by Gasteiger charge is 2.56. The number of Topliss-reactive ketones (excluding diaryl/α,β-unsaturated/α-hetero) is 1. The third kappa shape index (κ3) is 3.07. The number of amides is 3. The molecule has 0 aromatic rings. The second-order valence-corrected chi connectivity index (χ2v) is 10.7. The molecule has 5 saturated carbocycles. The van der Waals surface area contributed by atoms with Crippen molar-refractivity contribution in [2.45, 2.75) is 76.7 Å². The number of esters is 1. The minimum atomic E-state index is -0.884. The largest absolute Gasteiger partial charge is 0.456 e. The van der Waals surface area contributed by atoms with Crippen LogP contribution in [0, 0.1) is 29.1 Å². The summed E-state index contributed by atoms with van der Waals surface area (Å²) in [5, 5.41) is 2.84. The van der Waals surface area contributed by atoms with Gasteiger partial charge in [0.15, 0.2) is 12.4 Å². The summed E-state index contributed by atoms with van der Waals surface area (Å²) in [6.45, 7) is 1.31. The predicted molar refractivity (Wildman–Crippen MR) is 107 cm³/mol. The Morgan fingerprint density at radius 2 is 1.70 bits per heavy atom. The Labute approximate surface area is 177 Å². The first kappa shape index (κ1) is 20.0. The highest BCUT2D eigenvalue weighted by molar-refractivity contribution is 6.09. The molecular formula is C23H32N2O5. The van der Waals surface area contributed by atoms with Crippen LogP contribution in [0.1, 0.15) is 71.1 Å². The van der Waals surface area contributed by atoms with Gasteiger partial charge in [0.05, 0.1) is 0 Å². The van der Waals surface area contributed by atoms with Crippen molar-refractivity contribution in [1.29, 1.82) is 0 Å². The lowest BCUT2D eigenvalue weighted by molar-refractivity contribution is -0.158. The second-order valence-electron chi connectivity index (χ2n) is 10.7. The Morgan fingerprint density at radius 3 is 2.30 bits per heavy atom. The van der Waals surface area contributed by atoms with Crippen LogP contribution in [0.25, 0.3) is 0 Å². The highest BCUT2D eigenvalue weighted by Crippen LogP contribution is 2.60. The van der Waals surface area contributed by atoms with Gasteiger partial charge in [-0.25, -0.2) is 4.79 Å². The average Bonchev–Trinajstić information content (AvgIpc) is 2.92. The lowest BCUT2D eigenvalue weighted by Gasteiger charge is -2.55. The van der Waals surface area contributed by atoms with Crippen LogP contribution in [0.3, 0.4) is 0 Å². The van der Waals surface area contributed by atoms with E-state index in [1.807, 2.05) is 6.92 Å². The van der Waals surface area contributed by atoms with E-state index in [1.165, 1.54) is 19.3 Å². The van der Waals surface area contributed by atoms with Gasteiger partial charge in [0.25, 0.3) is 5.91 Å². The molecule has 7 heteroatoms. The van der Waals surface area contributed by atoms with Gasteiger partial charge in [0, 0.05) is 5.41 Å². The van der Waals surface area contributed by atoms with E-state index >= 15 is 0 Å². The molecular weight excluding hydrogens is 384 g/mol. The molecule has 0 unspecified atom stereocenters. The number of nitrogens with zero attached hydrogens (tertiary/aromatic N) is 1. The van der Waals surface area contributed by atoms with E-state index in [0.717, 1.165) is 43.4 Å². The van der Waals surface area contributed by atoms with E-state index in [-0.39, 0.29) is 29.6 Å². The van der Waals surface area contributed by atoms with Gasteiger partial charge >= 0.3 is 12.0 Å². The van der Waals surface area contributed by atoms with Crippen molar-refractivity contribution < 1.29 is 23.9 Å². The van der Waals surface area contributed by atoms with Gasteiger partial charge in [0.2, 0.25) is 0 Å². The predicted octanol–water partition coefficient (Wildman–Crippen LogP) is 2.82. The van der Waals surface area contributed by atoms with Crippen LogP contribution in [0.15, 0.2) is 0 Å². The summed E-state index contributed by atoms with van der Waals surface area (Å²) in [6, 6.07) is -0.530. The zero-order valence-electron chi connectivity index (χ0n) is 17.8. The summed E-state index contributed by atoms with van der Waals surface area (Å²) in [5.41, 5.74) is -1.19. The first-order valence-corrected chi connectivity index (χ1v) is 11.6. The first-order valence-electron chi connectivity index (χ1n) is 11.6. The molecule has 1 heterocycles. The number of hydrogen-bond acceptors (Lipinski definition) is 5. The molecule has 0 aromatic carbocycles. The maximum Gasteiger partial charge on any atom is 0.326 e. The van der Waals surface area contributed by atoms with Crippen molar-refractivity contribution in [2.75, 3.05) is 13.2 Å². The Bertz CT molecular complexity index is 757. The van der Waals surface area contributed by atoms with Gasteiger partial charge in [-0.15, -0.1) is 0 Å². The first-order chi connectivity index (χ1) is 14.3. The van der Waals surface area contributed by atoms with Gasteiger partial charge in [-0.05, 0) is 75.0 Å². The number of imide groups is 1. The van der Waals surface area contributed by atoms with E-state index in [1.54, 1.807) is 0 Å². The average molecular weight is 417 g/mol. The molecule has 0 radical (unpaired) electrons. The van der Waals surface area contributed by atoms with Crippen molar-refractivity contribution in [3.8, 4) is 0 Å². The van der Waals surface area contributed by atoms with E-state index in [2.05, 4.69) is 5.32 Å². The zero-order chi connectivity index (χ0) is 21.1. The van der Waals surface area contributed by atoms with Crippen molar-refractivity contribution in [1.82, 2.24) is 10.2 Å². The van der Waals surface area contributed by atoms with Gasteiger partial charge in [-0.2, -0.15) is 0 Å². The molecule has 1 spiro atoms. The van der Waals surface area contributed by atoms with Crippen LogP contribution in [-0.4, -0.2) is 47.3 Å². The van der Waals surface area contributed by atoms with Crippen LogP contribution in [0.5, 0.6) is 0 Å². The molecule has 2 atom stereocenters. The van der Waals surface area contributed by atoms with Gasteiger partial charge in [-0.3, -0.25) is 19.3 Å². The minimum Gasteiger partial charge on any atom is -0.456 e. The van der Waals surface area contributed by atoms with E-state index in [9.17, 15) is 19.2 Å². The Balaban J connectivity index is 1.18. The number of ether oxygens (including phenoxy) is 1. The number of urea groups is 1. The lowest BCUT2D eigenvalue weighted by atomic mass is 9.48. The normalized spacial score (nSPS) is 42.0. The van der Waals surface area contributed by atoms with Gasteiger partial charge in [0.1, 0.15) is 12.1 Å². The topological polar surface area (TPSA) is 92.8 Å². The molecule has 5 aliphatic carbocycles. The summed E-state index contributed by atoms with van der Waals surface area (Å²) in [7, 11) is 0. The molecule has 4 bridgehead atoms. The summed E-state index contributed by atoms with van der Waals surface area (Å²) < 4.78 is 5.29. The van der Waals surface area contributed by atoms with Crippen molar-refractivity contribution in [2.24, 2.45) is 29.1 Å². The number of rotatable bonds is 5. The van der Waals surface area contributed by atoms with Crippen LogP contribution in [0.2, 0.25) is 0 Å². The molecule has 1 aliphatic heterocycles. The van der Waals surface area contributed by atoms with Gasteiger partial charge < -0.3 is 10.1 Å². The fourth-order valence-electron chi connectivity index (χ4n) is 7.57. The maximum absolute atomic E-state index is 13.0. The lowest BCUT2D eigenvalue weighted by Crippen LogP contribution is -2.54. The van der Waals surface area contributed by atoms with Crippen molar-refractivity contribution in [3.05, 3.63) is 0 Å². The van der Waals surface area contributed by atoms with Crippen LogP contribution < -0.4 is 5.32 Å². The molecule has 30 heavy (non-hydrogen) atoms. The zero-order valence-corrected chi connectivity index (χ0v) is 17.8. The monoisotopic (exact) mass is 416 g/mol. The molecule has 7 nitrogen and oxygen atoms in total. The molecule has 6 rings (SSSR count). The summed E-state index contributed by atoms with van der Waals surface area (Å²) >= 11 is 0. The minimum absolute atomic E-state index is 0.0320. The molecule has 1 N–H and O–H groups in total. The SMILES string of the molecule is C[C@H]1CCCC[C@]12NC(=O)N(CC(=O)OCC(=O)C13CC4CC(CC(C4)C1)C3)C2=O. The Hall–Kier alpha value is -1.92. The number of nitrogens with one attached hydrogen (secondary N) is 1.